The summed E-state index contributed by atoms with van der Waals surface area (Å²) in [7, 11) is 1.82. The smallest absolute Gasteiger partial charge is 0.323 e. The number of likely N-dealkylation sites (N-methyl/N-ethyl adjacent to an activating group) is 1. The maximum Gasteiger partial charge on any atom is 0.323 e. The molecule has 3 N–H and O–H groups in total. The Bertz CT molecular complexity index is 1150. The first-order valence-corrected chi connectivity index (χ1v) is 12.1. The number of amides is 3. The van der Waals surface area contributed by atoms with E-state index >= 15 is 0 Å². The van der Waals surface area contributed by atoms with Gasteiger partial charge in [0.05, 0.1) is 6.54 Å². The summed E-state index contributed by atoms with van der Waals surface area (Å²) < 4.78 is 0. The van der Waals surface area contributed by atoms with Crippen molar-refractivity contribution in [2.45, 2.75) is 38.1 Å². The number of nitrogens with zero attached hydrogens (tertiary/aromatic N) is 3. The van der Waals surface area contributed by atoms with Gasteiger partial charge in [-0.1, -0.05) is 54.8 Å². The van der Waals surface area contributed by atoms with E-state index in [-0.39, 0.29) is 24.5 Å². The number of benzene rings is 2. The average molecular weight is 493 g/mol. The molecule has 1 heterocycles. The first kappa shape index (κ1) is 24.5. The molecule has 1 aromatic heterocycles. The number of anilines is 3. The van der Waals surface area contributed by atoms with Crippen molar-refractivity contribution in [3.63, 3.8) is 0 Å². The van der Waals surface area contributed by atoms with Gasteiger partial charge >= 0.3 is 6.03 Å². The van der Waals surface area contributed by atoms with Gasteiger partial charge in [0.1, 0.15) is 16.8 Å². The number of rotatable bonds is 8. The van der Waals surface area contributed by atoms with E-state index < -0.39 is 0 Å². The molecular weight excluding hydrogens is 464 g/mol. The Morgan fingerprint density at radius 2 is 1.63 bits per heavy atom. The number of carbonyl (C=O) groups excluding carboxylic acids is 2. The van der Waals surface area contributed by atoms with Gasteiger partial charge in [-0.05, 0) is 42.7 Å². The second-order valence-corrected chi connectivity index (χ2v) is 9.08. The van der Waals surface area contributed by atoms with E-state index in [1.807, 2.05) is 61.6 Å². The molecule has 1 aliphatic carbocycles. The van der Waals surface area contributed by atoms with Crippen LogP contribution in [-0.4, -0.2) is 41.5 Å². The quantitative estimate of drug-likeness (QED) is 0.390. The van der Waals surface area contributed by atoms with Crippen LogP contribution >= 0.6 is 11.6 Å². The van der Waals surface area contributed by atoms with Crippen LogP contribution in [0.25, 0.3) is 0 Å². The molecule has 0 atom stereocenters. The van der Waals surface area contributed by atoms with Crippen molar-refractivity contribution in [3.8, 4) is 0 Å². The van der Waals surface area contributed by atoms with E-state index in [9.17, 15) is 9.59 Å². The van der Waals surface area contributed by atoms with E-state index in [4.69, 9.17) is 11.6 Å². The monoisotopic (exact) mass is 492 g/mol. The van der Waals surface area contributed by atoms with Crippen LogP contribution in [0.15, 0.2) is 60.7 Å². The summed E-state index contributed by atoms with van der Waals surface area (Å²) in [5.74, 6) is 1.13. The molecular formula is C26H29ClN6O2. The lowest BCUT2D eigenvalue weighted by Crippen LogP contribution is -2.40. The summed E-state index contributed by atoms with van der Waals surface area (Å²) in [5.41, 5.74) is 2.35. The molecule has 3 aromatic rings. The van der Waals surface area contributed by atoms with Gasteiger partial charge in [-0.2, -0.15) is 0 Å². The van der Waals surface area contributed by atoms with E-state index in [0.29, 0.717) is 28.9 Å². The Hall–Kier alpha value is -3.65. The van der Waals surface area contributed by atoms with Crippen molar-refractivity contribution in [3.05, 3.63) is 77.2 Å². The van der Waals surface area contributed by atoms with Crippen LogP contribution in [-0.2, 0) is 11.2 Å². The zero-order valence-corrected chi connectivity index (χ0v) is 20.4. The second-order valence-electron chi connectivity index (χ2n) is 8.69. The molecule has 4 rings (SSSR count). The van der Waals surface area contributed by atoms with Crippen LogP contribution in [0.1, 0.15) is 37.1 Å². The molecule has 1 fully saturated rings. The largest absolute Gasteiger partial charge is 0.352 e. The van der Waals surface area contributed by atoms with Crippen LogP contribution in [0.5, 0.6) is 0 Å². The summed E-state index contributed by atoms with van der Waals surface area (Å²) in [6, 6.07) is 18.3. The Labute approximate surface area is 210 Å². The average Bonchev–Trinajstić information content (AvgIpc) is 3.33. The van der Waals surface area contributed by atoms with Gasteiger partial charge < -0.3 is 20.9 Å². The zero-order valence-electron chi connectivity index (χ0n) is 19.6. The maximum absolute atomic E-state index is 12.4. The minimum atomic E-state index is -0.313. The lowest BCUT2D eigenvalue weighted by molar-refractivity contribution is -0.120. The molecule has 2 aromatic carbocycles. The van der Waals surface area contributed by atoms with E-state index in [2.05, 4.69) is 25.9 Å². The summed E-state index contributed by atoms with van der Waals surface area (Å²) in [5, 5.41) is 9.01. The van der Waals surface area contributed by atoms with Gasteiger partial charge in [-0.15, -0.1) is 0 Å². The molecule has 182 valence electrons. The van der Waals surface area contributed by atoms with E-state index in [1.54, 1.807) is 11.0 Å². The molecule has 1 aliphatic rings. The van der Waals surface area contributed by atoms with Crippen LogP contribution in [0.4, 0.5) is 22.0 Å². The highest BCUT2D eigenvalue weighted by molar-refractivity contribution is 6.29. The number of halogens is 1. The van der Waals surface area contributed by atoms with Crippen molar-refractivity contribution in [2.75, 3.05) is 29.1 Å². The first-order chi connectivity index (χ1) is 16.9. The molecule has 0 aliphatic heterocycles. The SMILES string of the molecule is CN(CC(=O)NC1CCCC1)c1cc(Cl)nc(Cc2ccc(NC(=O)Nc3ccccc3)cc2)n1. The third-order valence-corrected chi connectivity index (χ3v) is 6.02. The van der Waals surface area contributed by atoms with E-state index in [1.165, 1.54) is 12.8 Å². The van der Waals surface area contributed by atoms with Crippen LogP contribution in [0, 0.1) is 0 Å². The summed E-state index contributed by atoms with van der Waals surface area (Å²) >= 11 is 6.25. The van der Waals surface area contributed by atoms with Gasteiger partial charge in [-0.3, -0.25) is 4.79 Å². The zero-order chi connectivity index (χ0) is 24.6. The van der Waals surface area contributed by atoms with E-state index in [0.717, 1.165) is 24.1 Å². The van der Waals surface area contributed by atoms with Gasteiger partial charge in [0.2, 0.25) is 5.91 Å². The Balaban J connectivity index is 1.33. The fourth-order valence-electron chi connectivity index (χ4n) is 4.07. The van der Waals surface area contributed by atoms with Crippen LogP contribution in [0.3, 0.4) is 0 Å². The van der Waals surface area contributed by atoms with Gasteiger partial charge in [0, 0.05) is 37.0 Å². The number of aromatic nitrogens is 2. The molecule has 3 amide bonds. The Morgan fingerprint density at radius 3 is 2.31 bits per heavy atom. The highest BCUT2D eigenvalue weighted by Gasteiger charge is 2.18. The second kappa shape index (κ2) is 11.7. The molecule has 8 nitrogen and oxygen atoms in total. The number of nitrogens with one attached hydrogen (secondary N) is 3. The summed E-state index contributed by atoms with van der Waals surface area (Å²) in [6.07, 6.45) is 4.90. The number of urea groups is 1. The Morgan fingerprint density at radius 1 is 0.971 bits per heavy atom. The van der Waals surface area contributed by atoms with Crippen LogP contribution < -0.4 is 20.9 Å². The van der Waals surface area contributed by atoms with Crippen molar-refractivity contribution < 1.29 is 9.59 Å². The molecule has 0 bridgehead atoms. The minimum absolute atomic E-state index is 0.0184. The standard InChI is InChI=1S/C26H29ClN6O2/c1-33(17-25(34)28-19-9-5-6-10-19)24-16-22(27)31-23(32-24)15-18-11-13-21(14-12-18)30-26(35)29-20-7-3-2-4-8-20/h2-4,7-8,11-14,16,19H,5-6,9-10,15,17H2,1H3,(H,28,34)(H2,29,30,35). The minimum Gasteiger partial charge on any atom is -0.352 e. The summed E-state index contributed by atoms with van der Waals surface area (Å²) in [6.45, 7) is 0.203. The summed E-state index contributed by atoms with van der Waals surface area (Å²) in [4.78, 5) is 35.3. The van der Waals surface area contributed by atoms with Crippen LogP contribution in [0.2, 0.25) is 5.15 Å². The lowest BCUT2D eigenvalue weighted by Gasteiger charge is -2.20. The predicted molar refractivity (Wildman–Crippen MR) is 139 cm³/mol. The van der Waals surface area contributed by atoms with Crippen molar-refractivity contribution >= 4 is 40.7 Å². The van der Waals surface area contributed by atoms with Gasteiger partial charge in [0.15, 0.2) is 0 Å². The van der Waals surface area contributed by atoms with Gasteiger partial charge in [0.25, 0.3) is 0 Å². The predicted octanol–water partition coefficient (Wildman–Crippen LogP) is 4.86. The molecule has 0 unspecified atom stereocenters. The molecule has 9 heteroatoms. The number of para-hydroxylation sites is 1. The number of hydrogen-bond donors (Lipinski definition) is 3. The fourth-order valence-corrected chi connectivity index (χ4v) is 4.26. The molecule has 35 heavy (non-hydrogen) atoms. The maximum atomic E-state index is 12.4. The topological polar surface area (TPSA) is 99.3 Å². The third-order valence-electron chi connectivity index (χ3n) is 5.83. The fraction of sp³-hybridized carbons (Fsp3) is 0.308. The van der Waals surface area contributed by atoms with Crippen molar-refractivity contribution in [1.29, 1.82) is 0 Å². The highest BCUT2D eigenvalue weighted by Crippen LogP contribution is 2.20. The number of carbonyl (C=O) groups is 2. The third kappa shape index (κ3) is 7.42. The Kier molecular flexibility index (Phi) is 8.15. The molecule has 0 spiro atoms. The molecule has 0 radical (unpaired) electrons. The highest BCUT2D eigenvalue weighted by atomic mass is 35.5. The lowest BCUT2D eigenvalue weighted by atomic mass is 10.1. The number of hydrogen-bond acceptors (Lipinski definition) is 5. The first-order valence-electron chi connectivity index (χ1n) is 11.7. The normalized spacial score (nSPS) is 13.3. The van der Waals surface area contributed by atoms with Gasteiger partial charge in [-0.25, -0.2) is 14.8 Å². The van der Waals surface area contributed by atoms with Crippen molar-refractivity contribution in [1.82, 2.24) is 15.3 Å². The molecule has 1 saturated carbocycles. The molecule has 0 saturated heterocycles. The van der Waals surface area contributed by atoms with Crippen molar-refractivity contribution in [2.24, 2.45) is 0 Å².